The molecule has 2 N–H and O–H groups in total. The number of carbonyl (C=O) groups is 1. The van der Waals surface area contributed by atoms with Gasteiger partial charge in [0.25, 0.3) is 5.91 Å². The SMILES string of the molecule is CC1CC(C)C(C)N(c2cc(N)ccc2C(=O)N(C)C)C1. The number of piperidine rings is 1. The molecule has 116 valence electrons. The molecule has 1 aromatic carbocycles. The molecule has 1 aliphatic heterocycles. The summed E-state index contributed by atoms with van der Waals surface area (Å²) in [4.78, 5) is 16.4. The summed E-state index contributed by atoms with van der Waals surface area (Å²) in [7, 11) is 3.57. The van der Waals surface area contributed by atoms with Gasteiger partial charge in [-0.2, -0.15) is 0 Å². The van der Waals surface area contributed by atoms with E-state index in [2.05, 4.69) is 25.7 Å². The van der Waals surface area contributed by atoms with E-state index < -0.39 is 0 Å². The molecule has 4 nitrogen and oxygen atoms in total. The number of nitrogens with zero attached hydrogens (tertiary/aromatic N) is 2. The Morgan fingerprint density at radius 3 is 2.57 bits per heavy atom. The first-order valence-electron chi connectivity index (χ1n) is 7.69. The number of nitrogen functional groups attached to an aromatic ring is 1. The molecule has 0 aromatic heterocycles. The highest BCUT2D eigenvalue weighted by molar-refractivity contribution is 6.00. The van der Waals surface area contributed by atoms with Gasteiger partial charge in [0.15, 0.2) is 0 Å². The molecule has 1 heterocycles. The lowest BCUT2D eigenvalue weighted by Crippen LogP contribution is -2.46. The maximum atomic E-state index is 12.4. The zero-order valence-electron chi connectivity index (χ0n) is 13.8. The highest BCUT2D eigenvalue weighted by atomic mass is 16.2. The van der Waals surface area contributed by atoms with Gasteiger partial charge >= 0.3 is 0 Å². The average Bonchev–Trinajstić information content (AvgIpc) is 2.41. The minimum Gasteiger partial charge on any atom is -0.399 e. The van der Waals surface area contributed by atoms with Crippen molar-refractivity contribution >= 4 is 17.3 Å². The van der Waals surface area contributed by atoms with Crippen molar-refractivity contribution in [2.75, 3.05) is 31.3 Å². The number of carbonyl (C=O) groups excluding carboxylic acids is 1. The van der Waals surface area contributed by atoms with Crippen molar-refractivity contribution in [3.05, 3.63) is 23.8 Å². The van der Waals surface area contributed by atoms with Crippen molar-refractivity contribution in [2.45, 2.75) is 33.2 Å². The van der Waals surface area contributed by atoms with Crippen molar-refractivity contribution < 1.29 is 4.79 Å². The lowest BCUT2D eigenvalue weighted by atomic mass is 9.85. The molecule has 2 rings (SSSR count). The Balaban J connectivity index is 2.46. The summed E-state index contributed by atoms with van der Waals surface area (Å²) in [6.07, 6.45) is 1.23. The largest absolute Gasteiger partial charge is 0.399 e. The number of hydrogen-bond donors (Lipinski definition) is 1. The molecule has 1 aliphatic rings. The number of rotatable bonds is 2. The number of hydrogen-bond acceptors (Lipinski definition) is 3. The molecule has 0 saturated carbocycles. The molecular formula is C17H27N3O. The van der Waals surface area contributed by atoms with E-state index in [0.29, 0.717) is 23.6 Å². The van der Waals surface area contributed by atoms with Crippen LogP contribution in [0.2, 0.25) is 0 Å². The Bertz CT molecular complexity index is 527. The number of amides is 1. The zero-order chi connectivity index (χ0) is 15.7. The Kier molecular flexibility index (Phi) is 4.45. The predicted octanol–water partition coefficient (Wildman–Crippen LogP) is 2.84. The average molecular weight is 289 g/mol. The van der Waals surface area contributed by atoms with E-state index in [4.69, 9.17) is 5.73 Å². The van der Waals surface area contributed by atoms with Gasteiger partial charge < -0.3 is 15.5 Å². The fourth-order valence-corrected chi connectivity index (χ4v) is 3.24. The number of nitrogens with two attached hydrogens (primary N) is 1. The van der Waals surface area contributed by atoms with Crippen LogP contribution in [0.3, 0.4) is 0 Å². The van der Waals surface area contributed by atoms with E-state index in [1.807, 2.05) is 18.2 Å². The highest BCUT2D eigenvalue weighted by Crippen LogP contribution is 2.34. The van der Waals surface area contributed by atoms with Crippen LogP contribution in [0.25, 0.3) is 0 Å². The summed E-state index contributed by atoms with van der Waals surface area (Å²) in [5, 5.41) is 0. The number of benzene rings is 1. The van der Waals surface area contributed by atoms with E-state index in [-0.39, 0.29) is 5.91 Å². The Morgan fingerprint density at radius 1 is 1.29 bits per heavy atom. The van der Waals surface area contributed by atoms with Gasteiger partial charge in [0, 0.05) is 32.4 Å². The van der Waals surface area contributed by atoms with E-state index >= 15 is 0 Å². The standard InChI is InChI=1S/C17H27N3O/c1-11-8-12(2)13(3)20(10-11)16-9-14(18)6-7-15(16)17(21)19(4)5/h6-7,9,11-13H,8,10,18H2,1-5H3. The van der Waals surface area contributed by atoms with Crippen LogP contribution in [-0.4, -0.2) is 37.5 Å². The third-order valence-electron chi connectivity index (χ3n) is 4.57. The first-order valence-corrected chi connectivity index (χ1v) is 7.69. The Labute approximate surface area is 127 Å². The second kappa shape index (κ2) is 5.96. The van der Waals surface area contributed by atoms with Crippen LogP contribution in [0, 0.1) is 11.8 Å². The van der Waals surface area contributed by atoms with Crippen LogP contribution < -0.4 is 10.6 Å². The van der Waals surface area contributed by atoms with Crippen molar-refractivity contribution in [1.82, 2.24) is 4.90 Å². The third-order valence-corrected chi connectivity index (χ3v) is 4.57. The zero-order valence-corrected chi connectivity index (χ0v) is 13.8. The first kappa shape index (κ1) is 15.7. The topological polar surface area (TPSA) is 49.6 Å². The first-order chi connectivity index (χ1) is 9.81. The molecule has 0 aliphatic carbocycles. The van der Waals surface area contributed by atoms with E-state index in [0.717, 1.165) is 17.8 Å². The van der Waals surface area contributed by atoms with E-state index in [1.54, 1.807) is 19.0 Å². The second-order valence-corrected chi connectivity index (χ2v) is 6.69. The van der Waals surface area contributed by atoms with Gasteiger partial charge in [-0.15, -0.1) is 0 Å². The van der Waals surface area contributed by atoms with Crippen molar-refractivity contribution in [3.8, 4) is 0 Å². The monoisotopic (exact) mass is 289 g/mol. The molecule has 1 fully saturated rings. The maximum absolute atomic E-state index is 12.4. The van der Waals surface area contributed by atoms with Gasteiger partial charge in [0.2, 0.25) is 0 Å². The van der Waals surface area contributed by atoms with Crippen LogP contribution in [0.5, 0.6) is 0 Å². The Morgan fingerprint density at radius 2 is 1.95 bits per heavy atom. The summed E-state index contributed by atoms with van der Waals surface area (Å²) in [5.74, 6) is 1.26. The van der Waals surface area contributed by atoms with Crippen LogP contribution in [0.1, 0.15) is 37.6 Å². The quantitative estimate of drug-likeness (QED) is 0.852. The molecule has 21 heavy (non-hydrogen) atoms. The van der Waals surface area contributed by atoms with Gasteiger partial charge in [-0.3, -0.25) is 4.79 Å². The minimum absolute atomic E-state index is 0.0306. The molecular weight excluding hydrogens is 262 g/mol. The third kappa shape index (κ3) is 3.14. The molecule has 3 atom stereocenters. The van der Waals surface area contributed by atoms with Crippen LogP contribution in [0.4, 0.5) is 11.4 Å². The summed E-state index contributed by atoms with van der Waals surface area (Å²) >= 11 is 0. The summed E-state index contributed by atoms with van der Waals surface area (Å²) in [6, 6.07) is 6.01. The molecule has 3 unspecified atom stereocenters. The lowest BCUT2D eigenvalue weighted by molar-refractivity contribution is 0.0828. The molecule has 4 heteroatoms. The Hall–Kier alpha value is -1.71. The highest BCUT2D eigenvalue weighted by Gasteiger charge is 2.31. The number of anilines is 2. The van der Waals surface area contributed by atoms with Crippen LogP contribution in [0.15, 0.2) is 18.2 Å². The van der Waals surface area contributed by atoms with Gasteiger partial charge in [0.1, 0.15) is 0 Å². The van der Waals surface area contributed by atoms with Gasteiger partial charge in [0.05, 0.1) is 11.3 Å². The normalized spacial score (nSPS) is 25.8. The van der Waals surface area contributed by atoms with Gasteiger partial charge in [-0.25, -0.2) is 0 Å². The molecule has 1 aromatic rings. The molecule has 1 amide bonds. The smallest absolute Gasteiger partial charge is 0.255 e. The fraction of sp³-hybridized carbons (Fsp3) is 0.588. The molecule has 0 spiro atoms. The van der Waals surface area contributed by atoms with E-state index in [1.165, 1.54) is 6.42 Å². The predicted molar refractivity (Wildman–Crippen MR) is 88.6 cm³/mol. The van der Waals surface area contributed by atoms with Gasteiger partial charge in [-0.05, 0) is 43.4 Å². The summed E-state index contributed by atoms with van der Waals surface area (Å²) in [5.41, 5.74) is 8.39. The van der Waals surface area contributed by atoms with Crippen molar-refractivity contribution in [3.63, 3.8) is 0 Å². The molecule has 0 bridgehead atoms. The van der Waals surface area contributed by atoms with Crippen molar-refractivity contribution in [1.29, 1.82) is 0 Å². The van der Waals surface area contributed by atoms with E-state index in [9.17, 15) is 4.79 Å². The van der Waals surface area contributed by atoms with Gasteiger partial charge in [-0.1, -0.05) is 13.8 Å². The molecule has 0 radical (unpaired) electrons. The minimum atomic E-state index is 0.0306. The summed E-state index contributed by atoms with van der Waals surface area (Å²) in [6.45, 7) is 7.77. The van der Waals surface area contributed by atoms with Crippen LogP contribution in [-0.2, 0) is 0 Å². The maximum Gasteiger partial charge on any atom is 0.255 e. The van der Waals surface area contributed by atoms with Crippen LogP contribution >= 0.6 is 0 Å². The second-order valence-electron chi connectivity index (χ2n) is 6.69. The fourth-order valence-electron chi connectivity index (χ4n) is 3.24. The molecule has 1 saturated heterocycles. The lowest BCUT2D eigenvalue weighted by Gasteiger charge is -2.43. The summed E-state index contributed by atoms with van der Waals surface area (Å²) < 4.78 is 0. The van der Waals surface area contributed by atoms with Crippen molar-refractivity contribution in [2.24, 2.45) is 11.8 Å².